The summed E-state index contributed by atoms with van der Waals surface area (Å²) < 4.78 is 2.80. The van der Waals surface area contributed by atoms with Crippen molar-refractivity contribution in [3.05, 3.63) is 34.1 Å². The van der Waals surface area contributed by atoms with E-state index < -0.39 is 0 Å². The minimum Gasteiger partial charge on any atom is -0.198 e. The highest BCUT2D eigenvalue weighted by molar-refractivity contribution is 9.10. The number of halogens is 1. The summed E-state index contributed by atoms with van der Waals surface area (Å²) in [6, 6.07) is 6.00. The van der Waals surface area contributed by atoms with Gasteiger partial charge in [0.25, 0.3) is 0 Å². The first-order valence-corrected chi connectivity index (χ1v) is 4.99. The van der Waals surface area contributed by atoms with Crippen molar-refractivity contribution in [2.75, 3.05) is 0 Å². The van der Waals surface area contributed by atoms with Crippen LogP contribution in [0.2, 0.25) is 0 Å². The molecule has 0 amide bonds. The van der Waals surface area contributed by atoms with Gasteiger partial charge in [-0.05, 0) is 48.0 Å². The van der Waals surface area contributed by atoms with Crippen LogP contribution in [0.5, 0.6) is 0 Å². The summed E-state index contributed by atoms with van der Waals surface area (Å²) in [6.07, 6.45) is 0. The minimum atomic E-state index is 0.784. The molecular weight excluding hydrogens is 244 g/mol. The molecule has 0 aliphatic carbocycles. The van der Waals surface area contributed by atoms with Crippen molar-refractivity contribution in [2.45, 2.75) is 13.8 Å². The van der Waals surface area contributed by atoms with Gasteiger partial charge >= 0.3 is 0 Å². The summed E-state index contributed by atoms with van der Waals surface area (Å²) in [5, 5.41) is 11.3. The van der Waals surface area contributed by atoms with Gasteiger partial charge in [0.2, 0.25) is 0 Å². The fourth-order valence-electron chi connectivity index (χ4n) is 1.23. The molecule has 0 spiro atoms. The highest BCUT2D eigenvalue weighted by Gasteiger charge is 2.04. The van der Waals surface area contributed by atoms with Crippen LogP contribution in [-0.2, 0) is 0 Å². The first-order valence-electron chi connectivity index (χ1n) is 4.20. The van der Waals surface area contributed by atoms with Crippen LogP contribution in [0.1, 0.15) is 11.4 Å². The smallest absolute Gasteiger partial charge is 0.153 e. The highest BCUT2D eigenvalue weighted by Crippen LogP contribution is 2.19. The number of rotatable bonds is 1. The molecule has 2 rings (SSSR count). The summed E-state index contributed by atoms with van der Waals surface area (Å²) in [6.45, 7) is 3.91. The van der Waals surface area contributed by atoms with Crippen LogP contribution in [0.25, 0.3) is 5.69 Å². The Hall–Kier alpha value is -1.23. The summed E-state index contributed by atoms with van der Waals surface area (Å²) in [5.41, 5.74) is 2.14. The van der Waals surface area contributed by atoms with Gasteiger partial charge in [0, 0.05) is 4.47 Å². The Kier molecular flexibility index (Phi) is 2.33. The van der Waals surface area contributed by atoms with E-state index in [2.05, 4.69) is 31.5 Å². The Balaban J connectivity index is 2.53. The Labute approximate surface area is 90.1 Å². The number of hydrogen-bond donors (Lipinski definition) is 0. The van der Waals surface area contributed by atoms with Crippen LogP contribution in [0.15, 0.2) is 22.7 Å². The van der Waals surface area contributed by atoms with E-state index >= 15 is 0 Å². The average molecular weight is 253 g/mol. The number of benzene rings is 1. The fourth-order valence-corrected chi connectivity index (χ4v) is 1.48. The molecule has 0 N–H and O–H groups in total. The van der Waals surface area contributed by atoms with Crippen molar-refractivity contribution in [2.24, 2.45) is 0 Å². The zero-order valence-corrected chi connectivity index (χ0v) is 9.48. The normalized spacial score (nSPS) is 10.5. The van der Waals surface area contributed by atoms with E-state index in [9.17, 15) is 0 Å². The van der Waals surface area contributed by atoms with Crippen molar-refractivity contribution < 1.29 is 0 Å². The van der Waals surface area contributed by atoms with E-state index in [1.54, 1.807) is 4.68 Å². The number of hydrogen-bond acceptors (Lipinski definition) is 3. The molecule has 4 nitrogen and oxygen atoms in total. The van der Waals surface area contributed by atoms with Gasteiger partial charge in [0.1, 0.15) is 0 Å². The maximum atomic E-state index is 3.90. The van der Waals surface area contributed by atoms with Crippen molar-refractivity contribution in [1.29, 1.82) is 0 Å². The monoisotopic (exact) mass is 252 g/mol. The number of nitrogens with zero attached hydrogens (tertiary/aromatic N) is 4. The second kappa shape index (κ2) is 3.49. The van der Waals surface area contributed by atoms with Crippen molar-refractivity contribution in [3.63, 3.8) is 0 Å². The molecule has 0 aliphatic heterocycles. The topological polar surface area (TPSA) is 43.6 Å². The summed E-state index contributed by atoms with van der Waals surface area (Å²) in [7, 11) is 0. The minimum absolute atomic E-state index is 0.784. The number of aryl methyl sites for hydroxylation is 2. The Morgan fingerprint density at radius 1 is 1.29 bits per heavy atom. The first kappa shape index (κ1) is 9.33. The molecule has 0 saturated heterocycles. The lowest BCUT2D eigenvalue weighted by molar-refractivity contribution is 0.778. The molecular formula is C9H9BrN4. The molecule has 0 bridgehead atoms. The van der Waals surface area contributed by atoms with Gasteiger partial charge in [-0.2, -0.15) is 4.68 Å². The van der Waals surface area contributed by atoms with Crippen LogP contribution >= 0.6 is 15.9 Å². The lowest BCUT2D eigenvalue weighted by Gasteiger charge is -2.03. The SMILES string of the molecule is Cc1cc(-n2nnnc2C)ccc1Br. The molecule has 2 aromatic rings. The molecule has 0 atom stereocenters. The number of aromatic nitrogens is 4. The molecule has 0 aliphatic rings. The molecule has 1 heterocycles. The quantitative estimate of drug-likeness (QED) is 0.781. The van der Waals surface area contributed by atoms with Gasteiger partial charge in [-0.25, -0.2) is 0 Å². The maximum Gasteiger partial charge on any atom is 0.153 e. The van der Waals surface area contributed by atoms with Crippen LogP contribution in [0.4, 0.5) is 0 Å². The van der Waals surface area contributed by atoms with Crippen LogP contribution in [-0.4, -0.2) is 20.2 Å². The van der Waals surface area contributed by atoms with E-state index in [-0.39, 0.29) is 0 Å². The predicted octanol–water partition coefficient (Wildman–Crippen LogP) is 2.04. The van der Waals surface area contributed by atoms with E-state index in [4.69, 9.17) is 0 Å². The van der Waals surface area contributed by atoms with Gasteiger partial charge in [0.15, 0.2) is 5.82 Å². The lowest BCUT2D eigenvalue weighted by Crippen LogP contribution is -1.99. The predicted molar refractivity (Wildman–Crippen MR) is 56.3 cm³/mol. The Morgan fingerprint density at radius 3 is 2.64 bits per heavy atom. The van der Waals surface area contributed by atoms with E-state index in [0.717, 1.165) is 21.5 Å². The molecule has 0 fully saturated rings. The highest BCUT2D eigenvalue weighted by atomic mass is 79.9. The van der Waals surface area contributed by atoms with E-state index in [1.807, 2.05) is 32.0 Å². The van der Waals surface area contributed by atoms with E-state index in [1.165, 1.54) is 0 Å². The zero-order valence-electron chi connectivity index (χ0n) is 7.90. The maximum absolute atomic E-state index is 3.90. The summed E-state index contributed by atoms with van der Waals surface area (Å²) >= 11 is 3.45. The number of tetrazole rings is 1. The molecule has 1 aromatic heterocycles. The van der Waals surface area contributed by atoms with Gasteiger partial charge < -0.3 is 0 Å². The van der Waals surface area contributed by atoms with Crippen LogP contribution < -0.4 is 0 Å². The molecule has 0 unspecified atom stereocenters. The second-order valence-corrected chi connectivity index (χ2v) is 3.93. The molecule has 14 heavy (non-hydrogen) atoms. The van der Waals surface area contributed by atoms with Gasteiger partial charge in [-0.1, -0.05) is 15.9 Å². The molecule has 1 aromatic carbocycles. The second-order valence-electron chi connectivity index (χ2n) is 3.07. The largest absolute Gasteiger partial charge is 0.198 e. The first-order chi connectivity index (χ1) is 6.68. The zero-order chi connectivity index (χ0) is 10.1. The average Bonchev–Trinajstić information content (AvgIpc) is 2.57. The Morgan fingerprint density at radius 2 is 2.07 bits per heavy atom. The summed E-state index contributed by atoms with van der Waals surface area (Å²) in [4.78, 5) is 0. The van der Waals surface area contributed by atoms with Gasteiger partial charge in [-0.3, -0.25) is 0 Å². The third-order valence-electron chi connectivity index (χ3n) is 2.01. The van der Waals surface area contributed by atoms with E-state index in [0.29, 0.717) is 0 Å². The van der Waals surface area contributed by atoms with Crippen LogP contribution in [0, 0.1) is 13.8 Å². The van der Waals surface area contributed by atoms with Gasteiger partial charge in [-0.15, -0.1) is 5.10 Å². The van der Waals surface area contributed by atoms with Crippen molar-refractivity contribution in [3.8, 4) is 5.69 Å². The standard InChI is InChI=1S/C9H9BrN4/c1-6-5-8(3-4-9(6)10)14-7(2)11-12-13-14/h3-5H,1-2H3. The lowest BCUT2D eigenvalue weighted by atomic mass is 10.2. The third-order valence-corrected chi connectivity index (χ3v) is 2.90. The molecule has 72 valence electrons. The molecule has 0 radical (unpaired) electrons. The molecule has 0 saturated carbocycles. The van der Waals surface area contributed by atoms with Crippen molar-refractivity contribution >= 4 is 15.9 Å². The molecule has 5 heteroatoms. The van der Waals surface area contributed by atoms with Gasteiger partial charge in [0.05, 0.1) is 5.69 Å². The van der Waals surface area contributed by atoms with Crippen molar-refractivity contribution in [1.82, 2.24) is 20.2 Å². The summed E-state index contributed by atoms with van der Waals surface area (Å²) in [5.74, 6) is 0.784. The van der Waals surface area contributed by atoms with Crippen LogP contribution in [0.3, 0.4) is 0 Å². The third kappa shape index (κ3) is 1.55. The Bertz CT molecular complexity index is 464. The fraction of sp³-hybridized carbons (Fsp3) is 0.222.